The number of methoxy groups -OCH3 is 1. The summed E-state index contributed by atoms with van der Waals surface area (Å²) in [6.07, 6.45) is 1.91. The minimum atomic E-state index is -0.958. The van der Waals surface area contributed by atoms with E-state index in [0.29, 0.717) is 34.0 Å². The molecular weight excluding hydrogens is 473 g/mol. The number of nitrogens with one attached hydrogen (secondary N) is 1. The second-order valence-electron chi connectivity index (χ2n) is 8.72. The van der Waals surface area contributed by atoms with E-state index >= 15 is 0 Å². The van der Waals surface area contributed by atoms with Gasteiger partial charge in [0.25, 0.3) is 0 Å². The van der Waals surface area contributed by atoms with Gasteiger partial charge in [-0.3, -0.25) is 9.59 Å². The zero-order chi connectivity index (χ0) is 24.9. The van der Waals surface area contributed by atoms with Crippen LogP contribution in [0.5, 0.6) is 0 Å². The number of dihydropyridines is 1. The fourth-order valence-electron chi connectivity index (χ4n) is 5.02. The molecule has 8 heteroatoms. The van der Waals surface area contributed by atoms with Gasteiger partial charge in [0.1, 0.15) is 11.4 Å². The maximum absolute atomic E-state index is 13.6. The molecule has 2 aliphatic rings. The third-order valence-corrected chi connectivity index (χ3v) is 6.88. The number of benzene rings is 2. The molecule has 2 unspecified atom stereocenters. The van der Waals surface area contributed by atoms with Crippen LogP contribution in [0.4, 0.5) is 4.39 Å². The summed E-state index contributed by atoms with van der Waals surface area (Å²) in [5.74, 6) is -2.34. The first-order valence-corrected chi connectivity index (χ1v) is 11.4. The topological polar surface area (TPSA) is 85.6 Å². The van der Waals surface area contributed by atoms with Crippen molar-refractivity contribution in [1.29, 1.82) is 0 Å². The molecule has 0 radical (unpaired) electrons. The van der Waals surface area contributed by atoms with Crippen molar-refractivity contribution in [2.24, 2.45) is 0 Å². The lowest BCUT2D eigenvalue weighted by Crippen LogP contribution is -2.37. The number of carbonyl (C=O) groups excluding carboxylic acids is 2. The summed E-state index contributed by atoms with van der Waals surface area (Å²) in [6.45, 7) is 1.70. The zero-order valence-electron chi connectivity index (χ0n) is 19.0. The highest BCUT2D eigenvalue weighted by Gasteiger charge is 2.42. The number of halogens is 2. The van der Waals surface area contributed by atoms with Crippen LogP contribution in [0.1, 0.15) is 42.7 Å². The number of rotatable bonds is 3. The average molecular weight is 494 g/mol. The van der Waals surface area contributed by atoms with Crippen molar-refractivity contribution >= 4 is 34.3 Å². The molecule has 2 atom stereocenters. The third-order valence-electron chi connectivity index (χ3n) is 6.65. The molecule has 0 bridgehead atoms. The minimum Gasteiger partial charge on any atom is -0.466 e. The Bertz CT molecular complexity index is 1500. The van der Waals surface area contributed by atoms with Crippen LogP contribution < -0.4 is 10.7 Å². The van der Waals surface area contributed by atoms with Gasteiger partial charge in [-0.05, 0) is 55.2 Å². The smallest absolute Gasteiger partial charge is 0.336 e. The lowest BCUT2D eigenvalue weighted by molar-refractivity contribution is -0.136. The summed E-state index contributed by atoms with van der Waals surface area (Å²) in [6, 6.07) is 10.8. The third kappa shape index (κ3) is 3.96. The van der Waals surface area contributed by atoms with E-state index < -0.39 is 11.9 Å². The standard InChI is InChI=1S/C27H21ClFNO5/c1-13-23(27(33)34-2)24(19-12-35-22-8-5-16(28)11-18(22)26(19)32)25-20(30-13)9-15(10-21(25)31)14-3-6-17(29)7-4-14/h3-8,11-12,15,24,30H,9-10H2,1-2H3. The number of hydrogen-bond donors (Lipinski definition) is 1. The fourth-order valence-corrected chi connectivity index (χ4v) is 5.19. The molecule has 0 amide bonds. The number of ether oxygens (including phenoxy) is 1. The van der Waals surface area contributed by atoms with E-state index in [1.54, 1.807) is 31.2 Å². The van der Waals surface area contributed by atoms with Crippen LogP contribution in [0.25, 0.3) is 11.0 Å². The molecule has 35 heavy (non-hydrogen) atoms. The zero-order valence-corrected chi connectivity index (χ0v) is 19.7. The van der Waals surface area contributed by atoms with Gasteiger partial charge >= 0.3 is 5.97 Å². The summed E-state index contributed by atoms with van der Waals surface area (Å²) in [5.41, 5.74) is 2.58. The second kappa shape index (κ2) is 8.82. The lowest BCUT2D eigenvalue weighted by Gasteiger charge is -2.36. The molecule has 6 nitrogen and oxygen atoms in total. The van der Waals surface area contributed by atoms with E-state index in [0.717, 1.165) is 5.56 Å². The summed E-state index contributed by atoms with van der Waals surface area (Å²) < 4.78 is 24.2. The van der Waals surface area contributed by atoms with Crippen LogP contribution in [0.2, 0.25) is 5.02 Å². The van der Waals surface area contributed by atoms with Gasteiger partial charge in [0.15, 0.2) is 11.2 Å². The first kappa shape index (κ1) is 23.1. The Morgan fingerprint density at radius 2 is 1.89 bits per heavy atom. The number of carbonyl (C=O) groups is 2. The molecule has 2 heterocycles. The van der Waals surface area contributed by atoms with Crippen LogP contribution >= 0.6 is 11.6 Å². The Morgan fingerprint density at radius 3 is 2.60 bits per heavy atom. The number of hydrogen-bond acceptors (Lipinski definition) is 6. The van der Waals surface area contributed by atoms with Crippen LogP contribution in [0.3, 0.4) is 0 Å². The molecule has 1 aliphatic carbocycles. The largest absolute Gasteiger partial charge is 0.466 e. The van der Waals surface area contributed by atoms with Gasteiger partial charge in [-0.2, -0.15) is 0 Å². The fraction of sp³-hybridized carbons (Fsp3) is 0.222. The van der Waals surface area contributed by atoms with E-state index in [-0.39, 0.29) is 45.9 Å². The molecule has 178 valence electrons. The van der Waals surface area contributed by atoms with Gasteiger partial charge in [-0.25, -0.2) is 9.18 Å². The van der Waals surface area contributed by atoms with Gasteiger partial charge in [0, 0.05) is 34.0 Å². The quantitative estimate of drug-likeness (QED) is 0.510. The van der Waals surface area contributed by atoms with E-state index in [9.17, 15) is 18.8 Å². The van der Waals surface area contributed by atoms with Crippen molar-refractivity contribution in [2.75, 3.05) is 7.11 Å². The Labute approximate surface area is 205 Å². The van der Waals surface area contributed by atoms with Crippen molar-refractivity contribution < 1.29 is 23.1 Å². The predicted molar refractivity (Wildman–Crippen MR) is 128 cm³/mol. The molecule has 1 aromatic heterocycles. The molecule has 2 aromatic carbocycles. The highest BCUT2D eigenvalue weighted by Crippen LogP contribution is 2.45. The first-order valence-electron chi connectivity index (χ1n) is 11.1. The first-order chi connectivity index (χ1) is 16.8. The number of ketones is 1. The molecule has 0 saturated heterocycles. The van der Waals surface area contributed by atoms with E-state index in [2.05, 4.69) is 5.32 Å². The van der Waals surface area contributed by atoms with Crippen molar-refractivity contribution in [1.82, 2.24) is 5.32 Å². The van der Waals surface area contributed by atoms with Crippen molar-refractivity contribution in [3.8, 4) is 0 Å². The molecule has 5 rings (SSSR count). The Hall–Kier alpha value is -3.71. The van der Waals surface area contributed by atoms with E-state index in [1.165, 1.54) is 31.6 Å². The van der Waals surface area contributed by atoms with Crippen molar-refractivity contribution in [2.45, 2.75) is 31.6 Å². The molecule has 1 N–H and O–H groups in total. The number of allylic oxidation sites excluding steroid dienone is 3. The monoisotopic (exact) mass is 493 g/mol. The highest BCUT2D eigenvalue weighted by atomic mass is 35.5. The van der Waals surface area contributed by atoms with Crippen molar-refractivity contribution in [3.05, 3.63) is 103 Å². The lowest BCUT2D eigenvalue weighted by atomic mass is 9.72. The number of fused-ring (bicyclic) bond motifs is 1. The summed E-state index contributed by atoms with van der Waals surface area (Å²) in [7, 11) is 1.25. The van der Waals surface area contributed by atoms with Crippen LogP contribution in [-0.4, -0.2) is 18.9 Å². The van der Waals surface area contributed by atoms with Gasteiger partial charge < -0.3 is 14.5 Å². The maximum Gasteiger partial charge on any atom is 0.336 e. The Kier molecular flexibility index (Phi) is 5.81. The summed E-state index contributed by atoms with van der Waals surface area (Å²) in [4.78, 5) is 40.0. The van der Waals surface area contributed by atoms with Gasteiger partial charge in [0.2, 0.25) is 0 Å². The molecule has 3 aromatic rings. The van der Waals surface area contributed by atoms with Crippen LogP contribution in [-0.2, 0) is 14.3 Å². The van der Waals surface area contributed by atoms with Gasteiger partial charge in [0.05, 0.1) is 30.3 Å². The number of Topliss-reactive ketones (excluding diaryl/α,β-unsaturated/α-hetero) is 1. The normalized spacial score (nSPS) is 20.1. The Balaban J connectivity index is 1.68. The summed E-state index contributed by atoms with van der Waals surface area (Å²) >= 11 is 6.11. The van der Waals surface area contributed by atoms with Crippen molar-refractivity contribution in [3.63, 3.8) is 0 Å². The summed E-state index contributed by atoms with van der Waals surface area (Å²) in [5, 5.41) is 3.82. The van der Waals surface area contributed by atoms with Gasteiger partial charge in [-0.15, -0.1) is 0 Å². The van der Waals surface area contributed by atoms with E-state index in [1.807, 2.05) is 0 Å². The molecule has 0 fully saturated rings. The average Bonchev–Trinajstić information content (AvgIpc) is 2.84. The SMILES string of the molecule is COC(=O)C1=C(C)NC2=C(C(=O)CC(c3ccc(F)cc3)C2)C1c1coc2ccc(Cl)cc2c1=O. The number of esters is 1. The maximum atomic E-state index is 13.6. The highest BCUT2D eigenvalue weighted by molar-refractivity contribution is 6.31. The molecular formula is C27H21ClFNO5. The molecule has 0 spiro atoms. The van der Waals surface area contributed by atoms with Crippen LogP contribution in [0.15, 0.2) is 80.5 Å². The minimum absolute atomic E-state index is 0.154. The second-order valence-corrected chi connectivity index (χ2v) is 9.16. The van der Waals surface area contributed by atoms with Crippen LogP contribution in [0, 0.1) is 5.82 Å². The Morgan fingerprint density at radius 1 is 1.14 bits per heavy atom. The molecule has 1 aliphatic heterocycles. The van der Waals surface area contributed by atoms with E-state index in [4.69, 9.17) is 20.8 Å². The van der Waals surface area contributed by atoms with Gasteiger partial charge in [-0.1, -0.05) is 23.7 Å². The molecule has 0 saturated carbocycles. The predicted octanol–water partition coefficient (Wildman–Crippen LogP) is 5.12.